The highest BCUT2D eigenvalue weighted by atomic mass is 32.1. The van der Waals surface area contributed by atoms with Crippen molar-refractivity contribution in [1.29, 1.82) is 0 Å². The molecule has 1 fully saturated rings. The molecule has 0 radical (unpaired) electrons. The molecule has 2 aromatic heterocycles. The monoisotopic (exact) mass is 525 g/mol. The van der Waals surface area contributed by atoms with Crippen molar-refractivity contribution in [3.05, 3.63) is 108 Å². The van der Waals surface area contributed by atoms with Crippen molar-refractivity contribution in [3.63, 3.8) is 0 Å². The lowest BCUT2D eigenvalue weighted by Gasteiger charge is -2.29. The molecule has 0 saturated carbocycles. The topological polar surface area (TPSA) is 71.4 Å². The van der Waals surface area contributed by atoms with E-state index in [-0.39, 0.29) is 18.0 Å². The summed E-state index contributed by atoms with van der Waals surface area (Å²) in [5.74, 6) is 0.750. The molecular formula is C30H31N5O2S. The standard InChI is InChI=1S/C30H31N5O2S/c1-20-8-4-5-9-24(20)32-27(36)17-19-34-29(28(33-30(34)38)25-10-6-7-18-31-25)26-16-11-21(2)35(26)22-12-14-23(37-3)15-13-22/h4-16,18,28-29H,17,19H2,1-3H3,(H,32,36)(H,33,38)/t28-,29-/m1/s1. The molecule has 3 heterocycles. The van der Waals surface area contributed by atoms with Gasteiger partial charge < -0.3 is 24.8 Å². The number of thiocarbonyl (C=S) groups is 1. The molecule has 2 N–H and O–H groups in total. The number of para-hydroxylation sites is 1. The minimum Gasteiger partial charge on any atom is -0.497 e. The van der Waals surface area contributed by atoms with E-state index in [1.807, 2.05) is 73.7 Å². The van der Waals surface area contributed by atoms with Gasteiger partial charge in [-0.1, -0.05) is 24.3 Å². The molecular weight excluding hydrogens is 494 g/mol. The molecule has 1 amide bonds. The largest absolute Gasteiger partial charge is 0.497 e. The third-order valence-electron chi connectivity index (χ3n) is 6.94. The van der Waals surface area contributed by atoms with Crippen LogP contribution in [0.25, 0.3) is 5.69 Å². The zero-order valence-electron chi connectivity index (χ0n) is 21.7. The fourth-order valence-corrected chi connectivity index (χ4v) is 5.32. The molecule has 8 heteroatoms. The second kappa shape index (κ2) is 11.1. The van der Waals surface area contributed by atoms with Gasteiger partial charge in [0.15, 0.2) is 5.11 Å². The van der Waals surface area contributed by atoms with Crippen LogP contribution in [0.15, 0.2) is 85.1 Å². The molecule has 0 spiro atoms. The summed E-state index contributed by atoms with van der Waals surface area (Å²) in [5, 5.41) is 7.13. The Bertz CT molecular complexity index is 1430. The van der Waals surface area contributed by atoms with Crippen molar-refractivity contribution in [2.75, 3.05) is 19.0 Å². The van der Waals surface area contributed by atoms with Crippen molar-refractivity contribution < 1.29 is 9.53 Å². The number of rotatable bonds is 8. The summed E-state index contributed by atoms with van der Waals surface area (Å²) in [5.41, 5.74) is 5.94. The van der Waals surface area contributed by atoms with Crippen LogP contribution in [-0.4, -0.2) is 39.1 Å². The summed E-state index contributed by atoms with van der Waals surface area (Å²) in [7, 11) is 1.66. The second-order valence-electron chi connectivity index (χ2n) is 9.37. The maximum atomic E-state index is 12.9. The van der Waals surface area contributed by atoms with Crippen molar-refractivity contribution in [1.82, 2.24) is 19.8 Å². The number of pyridine rings is 1. The molecule has 1 aliphatic heterocycles. The Morgan fingerprint density at radius 3 is 2.50 bits per heavy atom. The Balaban J connectivity index is 1.47. The lowest BCUT2D eigenvalue weighted by atomic mass is 10.0. The SMILES string of the molecule is COc1ccc(-n2c(C)ccc2[C@@H]2[C@@H](c3ccccn3)NC(=S)N2CCC(=O)Nc2ccccc2C)cc1. The Kier molecular flexibility index (Phi) is 7.42. The van der Waals surface area contributed by atoms with Crippen LogP contribution in [-0.2, 0) is 4.79 Å². The van der Waals surface area contributed by atoms with Gasteiger partial charge in [0.05, 0.1) is 24.9 Å². The Labute approximate surface area is 228 Å². The van der Waals surface area contributed by atoms with Gasteiger partial charge in [-0.2, -0.15) is 0 Å². The van der Waals surface area contributed by atoms with E-state index in [4.69, 9.17) is 17.0 Å². The number of nitrogens with zero attached hydrogens (tertiary/aromatic N) is 3. The molecule has 1 aliphatic rings. The number of hydrogen-bond acceptors (Lipinski definition) is 4. The van der Waals surface area contributed by atoms with Gasteiger partial charge in [-0.25, -0.2) is 0 Å². The molecule has 0 unspecified atom stereocenters. The Morgan fingerprint density at radius 1 is 1.03 bits per heavy atom. The maximum absolute atomic E-state index is 12.9. The number of amides is 1. The van der Waals surface area contributed by atoms with E-state index in [0.29, 0.717) is 18.1 Å². The molecule has 194 valence electrons. The second-order valence-corrected chi connectivity index (χ2v) is 9.75. The number of nitrogens with one attached hydrogen (secondary N) is 2. The van der Waals surface area contributed by atoms with E-state index in [0.717, 1.165) is 39.8 Å². The van der Waals surface area contributed by atoms with E-state index in [9.17, 15) is 4.79 Å². The van der Waals surface area contributed by atoms with Crippen LogP contribution in [0.1, 0.15) is 41.1 Å². The number of methoxy groups -OCH3 is 1. The summed E-state index contributed by atoms with van der Waals surface area (Å²) in [6, 6.07) is 25.6. The Morgan fingerprint density at radius 2 is 1.79 bits per heavy atom. The van der Waals surface area contributed by atoms with E-state index in [1.54, 1.807) is 13.3 Å². The highest BCUT2D eigenvalue weighted by molar-refractivity contribution is 7.80. The quantitative estimate of drug-likeness (QED) is 0.296. The van der Waals surface area contributed by atoms with E-state index in [2.05, 4.69) is 44.1 Å². The molecule has 5 rings (SSSR count). The minimum atomic E-state index is -0.172. The van der Waals surface area contributed by atoms with Crippen LogP contribution < -0.4 is 15.4 Å². The van der Waals surface area contributed by atoms with Crippen LogP contribution in [0.4, 0.5) is 5.69 Å². The number of anilines is 1. The number of carbonyl (C=O) groups excluding carboxylic acids is 1. The number of carbonyl (C=O) groups is 1. The van der Waals surface area contributed by atoms with Gasteiger partial charge in [-0.3, -0.25) is 9.78 Å². The molecule has 7 nitrogen and oxygen atoms in total. The summed E-state index contributed by atoms with van der Waals surface area (Å²) in [6.45, 7) is 4.53. The predicted molar refractivity (Wildman–Crippen MR) is 154 cm³/mol. The van der Waals surface area contributed by atoms with Crippen LogP contribution in [0.3, 0.4) is 0 Å². The zero-order valence-corrected chi connectivity index (χ0v) is 22.5. The molecule has 1 saturated heterocycles. The number of ether oxygens (including phenoxy) is 1. The third-order valence-corrected chi connectivity index (χ3v) is 7.29. The molecule has 0 bridgehead atoms. The van der Waals surface area contributed by atoms with Crippen LogP contribution in [0.5, 0.6) is 5.75 Å². The van der Waals surface area contributed by atoms with Crippen molar-refractivity contribution in [2.45, 2.75) is 32.4 Å². The van der Waals surface area contributed by atoms with Crippen molar-refractivity contribution in [2.24, 2.45) is 0 Å². The lowest BCUT2D eigenvalue weighted by Crippen LogP contribution is -2.33. The first-order valence-electron chi connectivity index (χ1n) is 12.6. The van der Waals surface area contributed by atoms with Crippen LogP contribution in [0.2, 0.25) is 0 Å². The van der Waals surface area contributed by atoms with Crippen molar-refractivity contribution >= 4 is 28.9 Å². The first-order chi connectivity index (χ1) is 18.5. The van der Waals surface area contributed by atoms with E-state index in [1.165, 1.54) is 0 Å². The summed E-state index contributed by atoms with van der Waals surface area (Å²) in [4.78, 5) is 19.7. The van der Waals surface area contributed by atoms with Crippen molar-refractivity contribution in [3.8, 4) is 11.4 Å². The maximum Gasteiger partial charge on any atom is 0.226 e. The Hall–Kier alpha value is -4.17. The fraction of sp³-hybridized carbons (Fsp3) is 0.233. The fourth-order valence-electron chi connectivity index (χ4n) is 4.99. The molecule has 4 aromatic rings. The summed E-state index contributed by atoms with van der Waals surface area (Å²) >= 11 is 5.83. The van der Waals surface area contributed by atoms with Gasteiger partial charge in [-0.05, 0) is 86.2 Å². The molecule has 2 atom stereocenters. The highest BCUT2D eigenvalue weighted by Crippen LogP contribution is 2.40. The van der Waals surface area contributed by atoms with Crippen LogP contribution in [0, 0.1) is 13.8 Å². The summed E-state index contributed by atoms with van der Waals surface area (Å²) < 4.78 is 7.60. The molecule has 0 aliphatic carbocycles. The normalized spacial score (nSPS) is 16.8. The number of hydrogen-bond donors (Lipinski definition) is 2. The van der Waals surface area contributed by atoms with Gasteiger partial charge in [0.2, 0.25) is 5.91 Å². The van der Waals surface area contributed by atoms with Gasteiger partial charge in [0, 0.05) is 41.9 Å². The van der Waals surface area contributed by atoms with Gasteiger partial charge >= 0.3 is 0 Å². The van der Waals surface area contributed by atoms with Gasteiger partial charge in [0.25, 0.3) is 0 Å². The smallest absolute Gasteiger partial charge is 0.226 e. The highest BCUT2D eigenvalue weighted by Gasteiger charge is 2.41. The van der Waals surface area contributed by atoms with E-state index >= 15 is 0 Å². The first kappa shape index (κ1) is 25.5. The van der Waals surface area contributed by atoms with Gasteiger partial charge in [0.1, 0.15) is 5.75 Å². The lowest BCUT2D eigenvalue weighted by molar-refractivity contribution is -0.116. The van der Waals surface area contributed by atoms with Crippen LogP contribution >= 0.6 is 12.2 Å². The predicted octanol–water partition coefficient (Wildman–Crippen LogP) is 5.50. The number of aryl methyl sites for hydroxylation is 2. The first-order valence-corrected chi connectivity index (χ1v) is 13.0. The third kappa shape index (κ3) is 5.13. The van der Waals surface area contributed by atoms with Gasteiger partial charge in [-0.15, -0.1) is 0 Å². The average molecular weight is 526 g/mol. The molecule has 2 aromatic carbocycles. The van der Waals surface area contributed by atoms with E-state index < -0.39 is 0 Å². The zero-order chi connectivity index (χ0) is 26.6. The average Bonchev–Trinajstić information content (AvgIpc) is 3.48. The molecule has 38 heavy (non-hydrogen) atoms. The minimum absolute atomic E-state index is 0.0520. The summed E-state index contributed by atoms with van der Waals surface area (Å²) in [6.07, 6.45) is 2.09. The number of benzene rings is 2. The number of aromatic nitrogens is 2.